The van der Waals surface area contributed by atoms with Crippen LogP contribution < -0.4 is 29.6 Å². The summed E-state index contributed by atoms with van der Waals surface area (Å²) >= 11 is 4.74. The molecule has 27 heavy (non-hydrogen) atoms. The molecule has 0 atom stereocenters. The Morgan fingerprint density at radius 3 is 2.04 bits per heavy atom. The molecule has 1 aliphatic rings. The molecule has 151 valence electrons. The minimum Gasteiger partial charge on any atom is -0.870 e. The van der Waals surface area contributed by atoms with Crippen LogP contribution in [0.4, 0.5) is 0 Å². The predicted molar refractivity (Wildman–Crippen MR) is 109 cm³/mol. The molecule has 1 aliphatic heterocycles. The molecular formula is C18H36ClN2Na2O4. The second-order valence-corrected chi connectivity index (χ2v) is 6.38. The van der Waals surface area contributed by atoms with Crippen molar-refractivity contribution in [2.75, 3.05) is 32.1 Å². The number of aliphatic hydroxyl groups is 1. The van der Waals surface area contributed by atoms with E-state index in [1.807, 2.05) is 0 Å². The number of aliphatic hydroxyl groups excluding tert-OH is 1. The Labute approximate surface area is 214 Å². The van der Waals surface area contributed by atoms with Crippen molar-refractivity contribution in [3.05, 3.63) is 0 Å². The van der Waals surface area contributed by atoms with Crippen molar-refractivity contribution in [1.82, 2.24) is 4.90 Å². The zero-order valence-electron chi connectivity index (χ0n) is 17.6. The van der Waals surface area contributed by atoms with Gasteiger partial charge in [0.2, 0.25) is 0 Å². The number of rotatable bonds is 13. The Morgan fingerprint density at radius 2 is 1.59 bits per heavy atom. The Kier molecular flexibility index (Phi) is 35.8. The zero-order valence-corrected chi connectivity index (χ0v) is 22.4. The first-order valence-corrected chi connectivity index (χ1v) is 9.86. The number of aliphatic carboxylic acids is 1. The van der Waals surface area contributed by atoms with E-state index in [-0.39, 0.29) is 77.1 Å². The maximum Gasteiger partial charge on any atom is 1.00 e. The van der Waals surface area contributed by atoms with Gasteiger partial charge in [-0.1, -0.05) is 58.3 Å². The van der Waals surface area contributed by atoms with E-state index < -0.39 is 5.97 Å². The minimum atomic E-state index is -0.980. The van der Waals surface area contributed by atoms with E-state index in [9.17, 15) is 4.79 Å². The summed E-state index contributed by atoms with van der Waals surface area (Å²) in [5.74, 6) is -0.0522. The third-order valence-corrected chi connectivity index (χ3v) is 4.25. The Bertz CT molecular complexity index is 351. The van der Waals surface area contributed by atoms with Crippen molar-refractivity contribution in [2.45, 2.75) is 71.1 Å². The molecule has 9 heteroatoms. The molecule has 1 rings (SSSR count). The first-order valence-electron chi connectivity index (χ1n) is 9.32. The van der Waals surface area contributed by atoms with Crippen LogP contribution in [-0.4, -0.2) is 94.1 Å². The summed E-state index contributed by atoms with van der Waals surface area (Å²) in [6, 6.07) is 0. The average Bonchev–Trinajstić information content (AvgIpc) is 3.01. The van der Waals surface area contributed by atoms with Crippen molar-refractivity contribution in [2.24, 2.45) is 4.99 Å². The third-order valence-electron chi connectivity index (χ3n) is 4.02. The average molecular weight is 426 g/mol. The van der Waals surface area contributed by atoms with Crippen molar-refractivity contribution in [3.63, 3.8) is 0 Å². The van der Waals surface area contributed by atoms with Crippen LogP contribution in [0.3, 0.4) is 0 Å². The Balaban J connectivity index is -0.000000294. The number of carboxylic acid groups (broad SMARTS) is 1. The zero-order chi connectivity index (χ0) is 18.0. The van der Waals surface area contributed by atoms with Crippen LogP contribution in [0.1, 0.15) is 71.1 Å². The van der Waals surface area contributed by atoms with Gasteiger partial charge in [0.15, 0.2) is 0 Å². The second kappa shape index (κ2) is 27.1. The fraction of sp³-hybridized carbons (Fsp3) is 0.889. The smallest absolute Gasteiger partial charge is 0.870 e. The molecule has 0 amide bonds. The van der Waals surface area contributed by atoms with E-state index in [1.165, 1.54) is 63.6 Å². The Morgan fingerprint density at radius 1 is 1.11 bits per heavy atom. The topological polar surface area (TPSA) is 103 Å². The van der Waals surface area contributed by atoms with Gasteiger partial charge >= 0.3 is 35.5 Å². The van der Waals surface area contributed by atoms with Gasteiger partial charge in [-0.25, -0.2) is 0 Å². The van der Waals surface area contributed by atoms with E-state index in [4.69, 9.17) is 21.8 Å². The fourth-order valence-corrected chi connectivity index (χ4v) is 2.72. The molecule has 0 aromatic heterocycles. The number of amidine groups is 1. The number of unbranched alkanes of at least 4 members (excludes halogenated alkanes) is 8. The summed E-state index contributed by atoms with van der Waals surface area (Å²) < 4.78 is 0. The minimum absolute atomic E-state index is 0. The van der Waals surface area contributed by atoms with Gasteiger partial charge in [0, 0.05) is 49.1 Å². The first-order chi connectivity index (χ1) is 11.7. The van der Waals surface area contributed by atoms with E-state index >= 15 is 0 Å². The number of carboxylic acids is 1. The van der Waals surface area contributed by atoms with Crippen LogP contribution in [0.2, 0.25) is 0 Å². The molecule has 0 bridgehead atoms. The van der Waals surface area contributed by atoms with E-state index in [0.29, 0.717) is 0 Å². The van der Waals surface area contributed by atoms with Crippen molar-refractivity contribution < 1.29 is 50.0 Å². The summed E-state index contributed by atoms with van der Waals surface area (Å²) in [5.41, 5.74) is 0. The molecule has 3 N–H and O–H groups in total. The molecule has 6 nitrogen and oxygen atoms in total. The van der Waals surface area contributed by atoms with Crippen LogP contribution >= 0.6 is 11.6 Å². The number of carbonyl (C=O) groups is 1. The molecule has 0 aromatic carbocycles. The largest absolute Gasteiger partial charge is 1.00 e. The number of hydrogen-bond acceptors (Lipinski definition) is 5. The summed E-state index contributed by atoms with van der Waals surface area (Å²) in [4.78, 5) is 16.0. The SMILES string of the molecule is CCCCCCCCCCCC1=NCCN1CCO.O=C(O)CCl.[Na+].[Na].[OH-]. The van der Waals surface area contributed by atoms with Gasteiger partial charge in [0.05, 0.1) is 19.0 Å². The molecular weight excluding hydrogens is 390 g/mol. The summed E-state index contributed by atoms with van der Waals surface area (Å²) in [6.45, 7) is 5.21. The second-order valence-electron chi connectivity index (χ2n) is 6.11. The van der Waals surface area contributed by atoms with Gasteiger partial charge in [0.25, 0.3) is 0 Å². The normalized spacial score (nSPS) is 12.0. The van der Waals surface area contributed by atoms with Crippen LogP contribution in [0.15, 0.2) is 4.99 Å². The molecule has 0 fully saturated rings. The van der Waals surface area contributed by atoms with Crippen LogP contribution in [0.25, 0.3) is 0 Å². The predicted octanol–water partition coefficient (Wildman–Crippen LogP) is 0.370. The van der Waals surface area contributed by atoms with Gasteiger partial charge < -0.3 is 20.6 Å². The number of nitrogens with zero attached hydrogens (tertiary/aromatic N) is 2. The maximum absolute atomic E-state index is 9.24. The fourth-order valence-electron chi connectivity index (χ4n) is 2.72. The van der Waals surface area contributed by atoms with Crippen LogP contribution in [-0.2, 0) is 4.79 Å². The summed E-state index contributed by atoms with van der Waals surface area (Å²) in [6.07, 6.45) is 13.5. The molecule has 1 radical (unpaired) electrons. The molecule has 1 heterocycles. The molecule has 0 unspecified atom stereocenters. The molecule has 0 aromatic rings. The van der Waals surface area contributed by atoms with Crippen LogP contribution in [0, 0.1) is 0 Å². The quantitative estimate of drug-likeness (QED) is 0.252. The van der Waals surface area contributed by atoms with Crippen molar-refractivity contribution >= 4 is 53.0 Å². The maximum atomic E-state index is 9.24. The van der Waals surface area contributed by atoms with E-state index in [2.05, 4.69) is 16.8 Å². The monoisotopic (exact) mass is 425 g/mol. The van der Waals surface area contributed by atoms with E-state index in [1.54, 1.807) is 0 Å². The number of halogens is 1. The van der Waals surface area contributed by atoms with Gasteiger partial charge in [-0.15, -0.1) is 11.6 Å². The number of aliphatic imine (C=N–C) groups is 1. The van der Waals surface area contributed by atoms with E-state index in [0.717, 1.165) is 26.1 Å². The standard InChI is InChI=1S/C16H32N2O.C2H3ClO2.2Na.H2O/c1-2-3-4-5-6-7-8-9-10-11-16-17-12-13-18(16)14-15-19;3-1-2(4)5;;;/h19H,2-15H2,1H3;1H2,(H,4,5);;;1H2/q;;;+1;/p-1. The van der Waals surface area contributed by atoms with Gasteiger partial charge in [-0.2, -0.15) is 0 Å². The number of β-amino-alcohol motifs (C(OH)–C–C–N with tert-alkyl or cyclic N) is 1. The van der Waals surface area contributed by atoms with Gasteiger partial charge in [-0.3, -0.25) is 9.79 Å². The number of hydrogen-bond donors (Lipinski definition) is 2. The van der Waals surface area contributed by atoms with Crippen molar-refractivity contribution in [1.29, 1.82) is 0 Å². The molecule has 0 aliphatic carbocycles. The molecule has 0 spiro atoms. The number of alkyl halides is 1. The Hall–Kier alpha value is 1.15. The third kappa shape index (κ3) is 23.3. The molecule has 0 saturated carbocycles. The van der Waals surface area contributed by atoms with Crippen molar-refractivity contribution in [3.8, 4) is 0 Å². The summed E-state index contributed by atoms with van der Waals surface area (Å²) in [7, 11) is 0. The van der Waals surface area contributed by atoms with Gasteiger partial charge in [0.1, 0.15) is 5.88 Å². The first kappa shape index (κ1) is 35.6. The van der Waals surface area contributed by atoms with Gasteiger partial charge in [-0.05, 0) is 6.42 Å². The molecule has 0 saturated heterocycles. The summed E-state index contributed by atoms with van der Waals surface area (Å²) in [5, 5.41) is 16.6. The van der Waals surface area contributed by atoms with Crippen LogP contribution in [0.5, 0.6) is 0 Å².